The number of rotatable bonds is 0. The van der Waals surface area contributed by atoms with E-state index in [0.29, 0.717) is 5.54 Å². The molecule has 3 heteroatoms. The number of hydrogen-bond acceptors (Lipinski definition) is 3. The molecule has 0 amide bonds. The van der Waals surface area contributed by atoms with Crippen LogP contribution in [0.15, 0.2) is 11.4 Å². The van der Waals surface area contributed by atoms with Crippen molar-refractivity contribution >= 4 is 11.3 Å². The molecule has 3 heterocycles. The highest BCUT2D eigenvalue weighted by Gasteiger charge is 2.41. The van der Waals surface area contributed by atoms with Gasteiger partial charge in [0.25, 0.3) is 0 Å². The monoisotopic (exact) mass is 208 g/mol. The number of nitrogens with one attached hydrogen (secondary N) is 1. The van der Waals surface area contributed by atoms with Crippen molar-refractivity contribution < 1.29 is 0 Å². The lowest BCUT2D eigenvalue weighted by Crippen LogP contribution is -2.48. The highest BCUT2D eigenvalue weighted by molar-refractivity contribution is 7.10. The van der Waals surface area contributed by atoms with Crippen molar-refractivity contribution in [3.63, 3.8) is 0 Å². The van der Waals surface area contributed by atoms with E-state index in [1.54, 1.807) is 10.4 Å². The van der Waals surface area contributed by atoms with Gasteiger partial charge in [0.1, 0.15) is 0 Å². The summed E-state index contributed by atoms with van der Waals surface area (Å²) in [6.07, 6.45) is 2.49. The third kappa shape index (κ3) is 1.16. The van der Waals surface area contributed by atoms with Crippen molar-refractivity contribution in [2.45, 2.75) is 18.4 Å². The first-order chi connectivity index (χ1) is 6.80. The van der Waals surface area contributed by atoms with Crippen molar-refractivity contribution in [2.24, 2.45) is 0 Å². The normalized spacial score (nSPS) is 32.4. The molecule has 76 valence electrons. The van der Waals surface area contributed by atoms with E-state index in [1.807, 2.05) is 11.3 Å². The van der Waals surface area contributed by atoms with E-state index in [0.717, 1.165) is 6.54 Å². The summed E-state index contributed by atoms with van der Waals surface area (Å²) in [7, 11) is 2.22. The lowest BCUT2D eigenvalue weighted by Gasteiger charge is -2.34. The molecule has 1 aromatic heterocycles. The standard InChI is InChI=1S/C11H16N2S/c1-13-6-4-11(8-13)10-9(2-5-12-11)3-7-14-10/h3,7,12H,2,4-6,8H2,1H3. The molecule has 1 saturated heterocycles. The number of nitrogens with zero attached hydrogens (tertiary/aromatic N) is 1. The van der Waals surface area contributed by atoms with Crippen molar-refractivity contribution in [2.75, 3.05) is 26.7 Å². The molecule has 1 spiro atoms. The number of thiophene rings is 1. The molecule has 0 aromatic carbocycles. The van der Waals surface area contributed by atoms with Gasteiger partial charge in [-0.2, -0.15) is 0 Å². The fourth-order valence-electron chi connectivity index (χ4n) is 2.80. The molecule has 1 atom stereocenters. The topological polar surface area (TPSA) is 15.3 Å². The first-order valence-electron chi connectivity index (χ1n) is 5.31. The van der Waals surface area contributed by atoms with Crippen LogP contribution in [0.1, 0.15) is 16.9 Å². The zero-order chi connectivity index (χ0) is 9.60. The van der Waals surface area contributed by atoms with Gasteiger partial charge in [0, 0.05) is 24.5 Å². The molecule has 0 aliphatic carbocycles. The summed E-state index contributed by atoms with van der Waals surface area (Å²) in [6, 6.07) is 2.31. The zero-order valence-corrected chi connectivity index (χ0v) is 9.36. The summed E-state index contributed by atoms with van der Waals surface area (Å²) in [5.41, 5.74) is 1.89. The Kier molecular flexibility index (Phi) is 1.94. The number of likely N-dealkylation sites (N-methyl/N-ethyl adjacent to an activating group) is 1. The molecule has 14 heavy (non-hydrogen) atoms. The SMILES string of the molecule is CN1CCC2(C1)NCCc1ccsc12. The van der Waals surface area contributed by atoms with Crippen LogP contribution < -0.4 is 5.32 Å². The molecule has 1 aromatic rings. The molecule has 1 fully saturated rings. The Hall–Kier alpha value is -0.380. The van der Waals surface area contributed by atoms with E-state index in [1.165, 1.54) is 25.9 Å². The largest absolute Gasteiger partial charge is 0.305 e. The van der Waals surface area contributed by atoms with Crippen LogP contribution in [0.2, 0.25) is 0 Å². The third-order valence-electron chi connectivity index (χ3n) is 3.50. The highest BCUT2D eigenvalue weighted by Crippen LogP contribution is 2.39. The predicted molar refractivity (Wildman–Crippen MR) is 59.8 cm³/mol. The quantitative estimate of drug-likeness (QED) is 0.694. The van der Waals surface area contributed by atoms with Gasteiger partial charge >= 0.3 is 0 Å². The van der Waals surface area contributed by atoms with Gasteiger partial charge in [0.15, 0.2) is 0 Å². The Labute approximate surface area is 88.9 Å². The Morgan fingerprint density at radius 2 is 2.50 bits per heavy atom. The lowest BCUT2D eigenvalue weighted by molar-refractivity contribution is 0.309. The first-order valence-corrected chi connectivity index (χ1v) is 6.19. The second-order valence-corrected chi connectivity index (χ2v) is 5.44. The van der Waals surface area contributed by atoms with Crippen molar-refractivity contribution in [1.82, 2.24) is 10.2 Å². The molecule has 2 aliphatic rings. The van der Waals surface area contributed by atoms with Crippen LogP contribution in [0.3, 0.4) is 0 Å². The van der Waals surface area contributed by atoms with Crippen molar-refractivity contribution in [3.05, 3.63) is 21.9 Å². The highest BCUT2D eigenvalue weighted by atomic mass is 32.1. The number of likely N-dealkylation sites (tertiary alicyclic amines) is 1. The van der Waals surface area contributed by atoms with Gasteiger partial charge in [-0.1, -0.05) is 0 Å². The molecule has 0 radical (unpaired) electrons. The molecular weight excluding hydrogens is 192 g/mol. The molecule has 0 saturated carbocycles. The average molecular weight is 208 g/mol. The molecule has 1 N–H and O–H groups in total. The molecular formula is C11H16N2S. The Morgan fingerprint density at radius 3 is 3.29 bits per heavy atom. The third-order valence-corrected chi connectivity index (χ3v) is 4.66. The van der Waals surface area contributed by atoms with Crippen LogP contribution in [0.4, 0.5) is 0 Å². The zero-order valence-electron chi connectivity index (χ0n) is 8.55. The van der Waals surface area contributed by atoms with Gasteiger partial charge in [0.2, 0.25) is 0 Å². The summed E-state index contributed by atoms with van der Waals surface area (Å²) >= 11 is 1.93. The van der Waals surface area contributed by atoms with Gasteiger partial charge in [-0.05, 0) is 36.9 Å². The Bertz CT molecular complexity index is 347. The van der Waals surface area contributed by atoms with Gasteiger partial charge in [0.05, 0.1) is 5.54 Å². The fourth-order valence-corrected chi connectivity index (χ4v) is 3.95. The smallest absolute Gasteiger partial charge is 0.0672 e. The number of fused-ring (bicyclic) bond motifs is 2. The molecule has 3 rings (SSSR count). The van der Waals surface area contributed by atoms with Crippen LogP contribution in [0.5, 0.6) is 0 Å². The number of hydrogen-bond donors (Lipinski definition) is 1. The van der Waals surface area contributed by atoms with Crippen LogP contribution in [0.25, 0.3) is 0 Å². The van der Waals surface area contributed by atoms with Crippen LogP contribution in [-0.2, 0) is 12.0 Å². The summed E-state index contributed by atoms with van der Waals surface area (Å²) < 4.78 is 0. The molecule has 2 nitrogen and oxygen atoms in total. The molecule has 1 unspecified atom stereocenters. The van der Waals surface area contributed by atoms with Crippen LogP contribution >= 0.6 is 11.3 Å². The van der Waals surface area contributed by atoms with E-state index in [4.69, 9.17) is 0 Å². The summed E-state index contributed by atoms with van der Waals surface area (Å²) in [5.74, 6) is 0. The van der Waals surface area contributed by atoms with E-state index in [-0.39, 0.29) is 0 Å². The van der Waals surface area contributed by atoms with E-state index in [9.17, 15) is 0 Å². The summed E-state index contributed by atoms with van der Waals surface area (Å²) in [5, 5.41) is 5.98. The first kappa shape index (κ1) is 8.89. The summed E-state index contributed by atoms with van der Waals surface area (Å²) in [4.78, 5) is 4.04. The van der Waals surface area contributed by atoms with Crippen molar-refractivity contribution in [3.8, 4) is 0 Å². The van der Waals surface area contributed by atoms with Crippen LogP contribution in [0, 0.1) is 0 Å². The molecule has 2 aliphatic heterocycles. The maximum Gasteiger partial charge on any atom is 0.0672 e. The summed E-state index contributed by atoms with van der Waals surface area (Å²) in [6.45, 7) is 3.56. The van der Waals surface area contributed by atoms with Gasteiger partial charge < -0.3 is 10.2 Å². The van der Waals surface area contributed by atoms with Crippen molar-refractivity contribution in [1.29, 1.82) is 0 Å². The maximum atomic E-state index is 3.74. The lowest BCUT2D eigenvalue weighted by atomic mass is 9.89. The van der Waals surface area contributed by atoms with Gasteiger partial charge in [-0.3, -0.25) is 0 Å². The van der Waals surface area contributed by atoms with Gasteiger partial charge in [-0.15, -0.1) is 11.3 Å². The molecule has 0 bridgehead atoms. The van der Waals surface area contributed by atoms with E-state index in [2.05, 4.69) is 28.7 Å². The predicted octanol–water partition coefficient (Wildman–Crippen LogP) is 1.42. The van der Waals surface area contributed by atoms with Gasteiger partial charge in [-0.25, -0.2) is 0 Å². The Balaban J connectivity index is 2.03. The van der Waals surface area contributed by atoms with E-state index >= 15 is 0 Å². The minimum absolute atomic E-state index is 0.302. The minimum Gasteiger partial charge on any atom is -0.305 e. The van der Waals surface area contributed by atoms with E-state index < -0.39 is 0 Å². The maximum absolute atomic E-state index is 3.74. The second kappa shape index (κ2) is 3.05. The fraction of sp³-hybridized carbons (Fsp3) is 0.636. The second-order valence-electron chi connectivity index (χ2n) is 4.52. The minimum atomic E-state index is 0.302. The van der Waals surface area contributed by atoms with Crippen LogP contribution in [-0.4, -0.2) is 31.6 Å². The Morgan fingerprint density at radius 1 is 1.57 bits per heavy atom. The average Bonchev–Trinajstić information content (AvgIpc) is 2.75.